The Bertz CT molecular complexity index is 514. The second-order valence-corrected chi connectivity index (χ2v) is 3.29. The van der Waals surface area contributed by atoms with Crippen LogP contribution in [0.4, 0.5) is 0 Å². The first-order valence-corrected chi connectivity index (χ1v) is 5.00. The number of aryl methyl sites for hydroxylation is 1. The second-order valence-electron chi connectivity index (χ2n) is 2.90. The van der Waals surface area contributed by atoms with Gasteiger partial charge in [0, 0.05) is 27.2 Å². The van der Waals surface area contributed by atoms with Crippen molar-refractivity contribution in [1.29, 1.82) is 0 Å². The average molecular weight is 430 g/mol. The van der Waals surface area contributed by atoms with E-state index in [0.717, 1.165) is 0 Å². The van der Waals surface area contributed by atoms with E-state index in [9.17, 15) is 4.79 Å². The van der Waals surface area contributed by atoms with Crippen molar-refractivity contribution in [3.63, 3.8) is 0 Å². The molecule has 0 bridgehead atoms. The van der Waals surface area contributed by atoms with Crippen molar-refractivity contribution < 1.29 is 22.4 Å². The zero-order valence-electron chi connectivity index (χ0n) is 9.03. The van der Waals surface area contributed by atoms with Crippen LogP contribution in [0.1, 0.15) is 5.56 Å². The first-order chi connectivity index (χ1) is 7.70. The number of aromatic amines is 1. The van der Waals surface area contributed by atoms with Crippen LogP contribution in [-0.2, 0) is 22.4 Å². The van der Waals surface area contributed by atoms with Gasteiger partial charge in [0.15, 0.2) is 5.56 Å². The minimum absolute atomic E-state index is 0. The van der Waals surface area contributed by atoms with Crippen molar-refractivity contribution in [2.45, 2.75) is 6.92 Å². The Balaban J connectivity index is 0.000000292. The quantitative estimate of drug-likeness (QED) is 0.371. The molecule has 2 rings (SSSR count). The number of allylic oxidation sites excluding steroid dienone is 4. The third kappa shape index (κ3) is 6.91. The minimum Gasteiger partial charge on any atom is -0.474 e. The van der Waals surface area contributed by atoms with Gasteiger partial charge >= 0.3 is 0 Å². The van der Waals surface area contributed by atoms with Crippen LogP contribution in [0.3, 0.4) is 0 Å². The molecule has 0 saturated carbocycles. The van der Waals surface area contributed by atoms with Gasteiger partial charge in [-0.3, -0.25) is 4.79 Å². The maximum atomic E-state index is 10.7. The molecule has 0 aromatic carbocycles. The van der Waals surface area contributed by atoms with Crippen LogP contribution in [0.25, 0.3) is 0 Å². The zero-order valence-corrected chi connectivity index (χ0v) is 12.0. The molecule has 1 radical (unpaired) electrons. The molecule has 0 atom stereocenters. The topological polar surface area (TPSA) is 59.0 Å². The normalized spacial score (nSPS) is 11.6. The Morgan fingerprint density at radius 2 is 2.12 bits per heavy atom. The second kappa shape index (κ2) is 8.95. The maximum absolute atomic E-state index is 10.7. The van der Waals surface area contributed by atoms with E-state index in [0.29, 0.717) is 5.56 Å². The van der Waals surface area contributed by atoms with Gasteiger partial charge in [-0.2, -0.15) is 12.2 Å². The van der Waals surface area contributed by atoms with Crippen molar-refractivity contribution in [3.05, 3.63) is 63.6 Å². The molecule has 4 nitrogen and oxygen atoms in total. The summed E-state index contributed by atoms with van der Waals surface area (Å²) < 4.78 is 0.241. The molecule has 1 aromatic heterocycles. The SMILES string of the molecule is Cc1c[n-]c(=S)[nH]c1=O.[Au].[C-]1=CC=CC=CN1. The molecule has 6 heteroatoms. The molecular weight excluding hydrogens is 419 g/mol. The summed E-state index contributed by atoms with van der Waals surface area (Å²) in [6.45, 7) is 1.68. The van der Waals surface area contributed by atoms with Crippen LogP contribution in [-0.4, -0.2) is 4.98 Å². The molecule has 0 fully saturated rings. The predicted octanol–water partition coefficient (Wildman–Crippen LogP) is 1.34. The molecule has 2 N–H and O–H groups in total. The van der Waals surface area contributed by atoms with Crippen LogP contribution < -0.4 is 15.9 Å². The molecule has 95 valence electrons. The molecule has 0 spiro atoms. The van der Waals surface area contributed by atoms with Gasteiger partial charge in [-0.1, -0.05) is 24.6 Å². The van der Waals surface area contributed by atoms with Crippen molar-refractivity contribution in [2.24, 2.45) is 0 Å². The first-order valence-electron chi connectivity index (χ1n) is 4.59. The molecule has 1 aliphatic rings. The smallest absolute Gasteiger partial charge is 0.171 e. The summed E-state index contributed by atoms with van der Waals surface area (Å²) in [6.07, 6.45) is 13.7. The molecule has 0 amide bonds. The molecule has 1 aliphatic heterocycles. The summed E-state index contributed by atoms with van der Waals surface area (Å²) in [5.74, 6) is 0. The van der Waals surface area contributed by atoms with Crippen molar-refractivity contribution in [2.75, 3.05) is 0 Å². The summed E-state index contributed by atoms with van der Waals surface area (Å²) in [5, 5.41) is 2.80. The number of aromatic nitrogens is 2. The fraction of sp³-hybridized carbons (Fsp3) is 0.0909. The van der Waals surface area contributed by atoms with Crippen LogP contribution in [0.15, 0.2) is 41.5 Å². The van der Waals surface area contributed by atoms with E-state index in [1.54, 1.807) is 6.92 Å². The number of nitrogens with zero attached hydrogens (tertiary/aromatic N) is 1. The zero-order chi connectivity index (χ0) is 11.8. The Morgan fingerprint density at radius 3 is 2.76 bits per heavy atom. The van der Waals surface area contributed by atoms with Gasteiger partial charge in [0.2, 0.25) is 0 Å². The van der Waals surface area contributed by atoms with Crippen LogP contribution in [0, 0.1) is 17.9 Å². The van der Waals surface area contributed by atoms with Gasteiger partial charge in [0.05, 0.1) is 0 Å². The van der Waals surface area contributed by atoms with E-state index in [1.165, 1.54) is 6.20 Å². The maximum Gasteiger partial charge on any atom is 0.171 e. The first kappa shape index (κ1) is 15.9. The monoisotopic (exact) mass is 430 g/mol. The van der Waals surface area contributed by atoms with Crippen LogP contribution in [0.2, 0.25) is 0 Å². The van der Waals surface area contributed by atoms with E-state index in [1.807, 2.05) is 30.5 Å². The summed E-state index contributed by atoms with van der Waals surface area (Å²) in [4.78, 5) is 16.8. The largest absolute Gasteiger partial charge is 0.474 e. The molecule has 0 saturated heterocycles. The van der Waals surface area contributed by atoms with Gasteiger partial charge < -0.3 is 15.3 Å². The van der Waals surface area contributed by atoms with E-state index < -0.39 is 0 Å². The van der Waals surface area contributed by atoms with E-state index in [2.05, 4.69) is 33.7 Å². The summed E-state index contributed by atoms with van der Waals surface area (Å²) in [7, 11) is 0. The van der Waals surface area contributed by atoms with Gasteiger partial charge in [0.1, 0.15) is 0 Å². The third-order valence-corrected chi connectivity index (χ3v) is 1.83. The van der Waals surface area contributed by atoms with Crippen molar-refractivity contribution in [1.82, 2.24) is 15.3 Å². The van der Waals surface area contributed by atoms with E-state index in [4.69, 9.17) is 0 Å². The standard InChI is InChI=1S/C6H6N.C5H6N2OS.Au/c1-2-4-6-7-5-3-1;1-3-2-6-5(9)7-4(3)8;/h1-5,7H;2H,1H3,(H2,6,7,8,9);/q-1;;/p-1. The molecule has 17 heavy (non-hydrogen) atoms. The fourth-order valence-electron chi connectivity index (χ4n) is 0.810. The third-order valence-electron chi connectivity index (χ3n) is 1.62. The predicted molar refractivity (Wildman–Crippen MR) is 65.2 cm³/mol. The van der Waals surface area contributed by atoms with Gasteiger partial charge in [-0.05, 0) is 12.5 Å². The summed E-state index contributed by atoms with van der Waals surface area (Å²) in [6, 6.07) is 0. The molecule has 2 heterocycles. The van der Waals surface area contributed by atoms with E-state index in [-0.39, 0.29) is 32.7 Å². The minimum atomic E-state index is -0.157. The van der Waals surface area contributed by atoms with Crippen molar-refractivity contribution in [3.8, 4) is 0 Å². The average Bonchev–Trinajstić information content (AvgIpc) is 2.56. The van der Waals surface area contributed by atoms with Crippen LogP contribution >= 0.6 is 12.2 Å². The van der Waals surface area contributed by atoms with Crippen LogP contribution in [0.5, 0.6) is 0 Å². The summed E-state index contributed by atoms with van der Waals surface area (Å²) >= 11 is 4.59. The Kier molecular flexibility index (Phi) is 8.35. The van der Waals surface area contributed by atoms with Gasteiger partial charge in [-0.25, -0.2) is 0 Å². The Morgan fingerprint density at radius 1 is 1.35 bits per heavy atom. The van der Waals surface area contributed by atoms with Gasteiger partial charge in [-0.15, -0.1) is 18.4 Å². The van der Waals surface area contributed by atoms with E-state index >= 15 is 0 Å². The number of rotatable bonds is 0. The van der Waals surface area contributed by atoms with Gasteiger partial charge in [0.25, 0.3) is 0 Å². The molecule has 1 aromatic rings. The van der Waals surface area contributed by atoms with Crippen molar-refractivity contribution >= 4 is 12.2 Å². The summed E-state index contributed by atoms with van der Waals surface area (Å²) in [5.41, 5.74) is 0.429. The molecular formula is C11H11AuN3OS-2. The Labute approximate surface area is 120 Å². The molecule has 0 unspecified atom stereocenters. The number of nitrogens with one attached hydrogen (secondary N) is 2. The number of hydrogen-bond acceptors (Lipinski definition) is 3. The Hall–Kier alpha value is -1.14. The number of hydrogen-bond donors (Lipinski definition) is 2. The molecule has 0 aliphatic carbocycles. The number of H-pyrrole nitrogens is 1. The fourth-order valence-corrected chi connectivity index (χ4v) is 0.955.